The van der Waals surface area contributed by atoms with Gasteiger partial charge in [-0.2, -0.15) is 22.0 Å². The lowest BCUT2D eigenvalue weighted by atomic mass is 10.0. The van der Waals surface area contributed by atoms with Gasteiger partial charge in [-0.25, -0.2) is 4.79 Å². The molecule has 0 aromatic rings. The Labute approximate surface area is 93.2 Å². The van der Waals surface area contributed by atoms with Crippen LogP contribution in [0.2, 0.25) is 0 Å². The van der Waals surface area contributed by atoms with Crippen molar-refractivity contribution in [2.24, 2.45) is 0 Å². The fourth-order valence-corrected chi connectivity index (χ4v) is 1.10. The van der Waals surface area contributed by atoms with Crippen LogP contribution in [-0.4, -0.2) is 36.9 Å². The fraction of sp³-hybridized carbons (Fsp3) is 0.667. The molecule has 0 aromatic carbocycles. The smallest absolute Gasteiger partial charge is 0.454 e. The SMILES string of the molecule is C=C(C)C(=O)OC1COC1C(F)(F)C(F)(F)F. The number of hydrogen-bond acceptors (Lipinski definition) is 3. The van der Waals surface area contributed by atoms with Crippen LogP contribution in [0.4, 0.5) is 22.0 Å². The van der Waals surface area contributed by atoms with Crippen molar-refractivity contribution in [2.45, 2.75) is 31.2 Å². The fourth-order valence-electron chi connectivity index (χ4n) is 1.10. The largest absolute Gasteiger partial charge is 0.456 e. The summed E-state index contributed by atoms with van der Waals surface area (Å²) in [6, 6.07) is 0. The standard InChI is InChI=1S/C9H9F5O3/c1-4(2)7(15)17-5-3-16-6(5)8(10,11)9(12,13)14/h5-6H,1,3H2,2H3. The number of alkyl halides is 5. The van der Waals surface area contributed by atoms with Gasteiger partial charge in [-0.1, -0.05) is 6.58 Å². The van der Waals surface area contributed by atoms with Gasteiger partial charge < -0.3 is 9.47 Å². The maximum Gasteiger partial charge on any atom is 0.456 e. The molecular formula is C9H9F5O3. The summed E-state index contributed by atoms with van der Waals surface area (Å²) >= 11 is 0. The van der Waals surface area contributed by atoms with Crippen LogP contribution >= 0.6 is 0 Å². The number of carbonyl (C=O) groups is 1. The van der Waals surface area contributed by atoms with Crippen LogP contribution in [0, 0.1) is 0 Å². The number of ether oxygens (including phenoxy) is 2. The lowest BCUT2D eigenvalue weighted by molar-refractivity contribution is -0.358. The summed E-state index contributed by atoms with van der Waals surface area (Å²) in [5.41, 5.74) is -0.0917. The molecule has 1 rings (SSSR count). The molecule has 0 radical (unpaired) electrons. The third-order valence-corrected chi connectivity index (χ3v) is 2.12. The van der Waals surface area contributed by atoms with Crippen molar-refractivity contribution in [2.75, 3.05) is 6.61 Å². The van der Waals surface area contributed by atoms with Gasteiger partial charge in [0.1, 0.15) is 0 Å². The van der Waals surface area contributed by atoms with Crippen LogP contribution in [0.3, 0.4) is 0 Å². The van der Waals surface area contributed by atoms with Crippen molar-refractivity contribution in [3.63, 3.8) is 0 Å². The van der Waals surface area contributed by atoms with Crippen LogP contribution < -0.4 is 0 Å². The highest BCUT2D eigenvalue weighted by Crippen LogP contribution is 2.43. The molecule has 1 fully saturated rings. The number of hydrogen-bond donors (Lipinski definition) is 0. The molecule has 2 atom stereocenters. The Balaban J connectivity index is 2.69. The Morgan fingerprint density at radius 3 is 2.18 bits per heavy atom. The van der Waals surface area contributed by atoms with E-state index in [0.717, 1.165) is 0 Å². The monoisotopic (exact) mass is 260 g/mol. The molecule has 0 N–H and O–H groups in total. The summed E-state index contributed by atoms with van der Waals surface area (Å²) in [7, 11) is 0. The topological polar surface area (TPSA) is 35.5 Å². The minimum Gasteiger partial charge on any atom is -0.454 e. The second kappa shape index (κ2) is 4.25. The van der Waals surface area contributed by atoms with Gasteiger partial charge in [0.2, 0.25) is 0 Å². The van der Waals surface area contributed by atoms with Gasteiger partial charge in [-0.15, -0.1) is 0 Å². The Hall–Kier alpha value is -1.18. The predicted molar refractivity (Wildman–Crippen MR) is 45.4 cm³/mol. The van der Waals surface area contributed by atoms with E-state index in [1.165, 1.54) is 6.92 Å². The van der Waals surface area contributed by atoms with Gasteiger partial charge in [0.05, 0.1) is 6.61 Å². The molecule has 0 amide bonds. The van der Waals surface area contributed by atoms with Crippen molar-refractivity contribution >= 4 is 5.97 Å². The summed E-state index contributed by atoms with van der Waals surface area (Å²) in [6.07, 6.45) is -9.85. The first kappa shape index (κ1) is 13.9. The number of carbonyl (C=O) groups excluding carboxylic acids is 1. The summed E-state index contributed by atoms with van der Waals surface area (Å²) in [5.74, 6) is -6.08. The predicted octanol–water partition coefficient (Wildman–Crippen LogP) is 2.07. The summed E-state index contributed by atoms with van der Waals surface area (Å²) in [5, 5.41) is 0. The van der Waals surface area contributed by atoms with E-state index < -0.39 is 36.9 Å². The van der Waals surface area contributed by atoms with Crippen LogP contribution in [0.1, 0.15) is 6.92 Å². The second-order valence-electron chi connectivity index (χ2n) is 3.60. The van der Waals surface area contributed by atoms with Crippen LogP contribution in [0.15, 0.2) is 12.2 Å². The summed E-state index contributed by atoms with van der Waals surface area (Å²) in [4.78, 5) is 11.0. The molecule has 3 nitrogen and oxygen atoms in total. The zero-order chi connectivity index (χ0) is 13.4. The average Bonchev–Trinajstić information content (AvgIpc) is 2.08. The molecule has 0 aromatic heterocycles. The zero-order valence-corrected chi connectivity index (χ0v) is 8.68. The maximum atomic E-state index is 12.8. The Morgan fingerprint density at radius 1 is 1.35 bits per heavy atom. The zero-order valence-electron chi connectivity index (χ0n) is 8.68. The third-order valence-electron chi connectivity index (χ3n) is 2.12. The van der Waals surface area contributed by atoms with E-state index in [4.69, 9.17) is 0 Å². The lowest BCUT2D eigenvalue weighted by Gasteiger charge is -2.40. The number of esters is 1. The first-order valence-electron chi connectivity index (χ1n) is 4.50. The highest BCUT2D eigenvalue weighted by atomic mass is 19.4. The number of rotatable bonds is 3. The lowest BCUT2D eigenvalue weighted by Crippen LogP contribution is -2.62. The Kier molecular flexibility index (Phi) is 3.47. The van der Waals surface area contributed by atoms with Crippen molar-refractivity contribution in [3.05, 3.63) is 12.2 Å². The van der Waals surface area contributed by atoms with Crippen molar-refractivity contribution in [1.29, 1.82) is 0 Å². The molecule has 1 aliphatic rings. The molecule has 1 aliphatic heterocycles. The second-order valence-corrected chi connectivity index (χ2v) is 3.60. The Morgan fingerprint density at radius 2 is 1.88 bits per heavy atom. The molecule has 0 spiro atoms. The first-order chi connectivity index (χ1) is 7.57. The quantitative estimate of drug-likeness (QED) is 0.442. The first-order valence-corrected chi connectivity index (χ1v) is 4.50. The van der Waals surface area contributed by atoms with Crippen molar-refractivity contribution in [1.82, 2.24) is 0 Å². The van der Waals surface area contributed by atoms with Crippen LogP contribution in [0.25, 0.3) is 0 Å². The molecule has 17 heavy (non-hydrogen) atoms. The average molecular weight is 260 g/mol. The summed E-state index contributed by atoms with van der Waals surface area (Å²) < 4.78 is 70.1. The molecule has 0 aliphatic carbocycles. The van der Waals surface area contributed by atoms with Gasteiger partial charge in [0.25, 0.3) is 0 Å². The maximum absolute atomic E-state index is 12.8. The van der Waals surface area contributed by atoms with Crippen LogP contribution in [0.5, 0.6) is 0 Å². The van der Waals surface area contributed by atoms with Gasteiger partial charge in [0, 0.05) is 5.57 Å². The van der Waals surface area contributed by atoms with E-state index in [-0.39, 0.29) is 5.57 Å². The highest BCUT2D eigenvalue weighted by Gasteiger charge is 2.68. The van der Waals surface area contributed by atoms with E-state index in [9.17, 15) is 26.7 Å². The molecule has 0 bridgehead atoms. The minimum atomic E-state index is -5.74. The van der Waals surface area contributed by atoms with E-state index >= 15 is 0 Å². The number of halogens is 5. The van der Waals surface area contributed by atoms with Crippen molar-refractivity contribution < 1.29 is 36.2 Å². The molecule has 1 heterocycles. The molecule has 98 valence electrons. The molecular weight excluding hydrogens is 251 g/mol. The van der Waals surface area contributed by atoms with E-state index in [2.05, 4.69) is 16.1 Å². The van der Waals surface area contributed by atoms with E-state index in [1.807, 2.05) is 0 Å². The summed E-state index contributed by atoms with van der Waals surface area (Å²) in [6.45, 7) is 3.94. The van der Waals surface area contributed by atoms with Crippen molar-refractivity contribution in [3.8, 4) is 0 Å². The van der Waals surface area contributed by atoms with Crippen LogP contribution in [-0.2, 0) is 14.3 Å². The highest BCUT2D eigenvalue weighted by molar-refractivity contribution is 5.87. The van der Waals surface area contributed by atoms with E-state index in [0.29, 0.717) is 0 Å². The molecule has 8 heteroatoms. The van der Waals surface area contributed by atoms with Gasteiger partial charge in [-0.05, 0) is 6.92 Å². The van der Waals surface area contributed by atoms with Gasteiger partial charge >= 0.3 is 18.1 Å². The van der Waals surface area contributed by atoms with Gasteiger partial charge in [-0.3, -0.25) is 0 Å². The third kappa shape index (κ3) is 2.56. The van der Waals surface area contributed by atoms with E-state index in [1.54, 1.807) is 0 Å². The Bertz CT molecular complexity index is 336. The van der Waals surface area contributed by atoms with Gasteiger partial charge in [0.15, 0.2) is 12.2 Å². The molecule has 2 unspecified atom stereocenters. The minimum absolute atomic E-state index is 0.0917. The molecule has 0 saturated carbocycles. The normalized spacial score (nSPS) is 25.1. The molecule has 1 saturated heterocycles.